The Morgan fingerprint density at radius 1 is 1.27 bits per heavy atom. The van der Waals surface area contributed by atoms with Crippen molar-refractivity contribution < 1.29 is 19.5 Å². The van der Waals surface area contributed by atoms with Crippen LogP contribution < -0.4 is 5.32 Å². The van der Waals surface area contributed by atoms with E-state index in [1.165, 1.54) is 0 Å². The molecule has 0 aromatic heterocycles. The molecule has 2 unspecified atom stereocenters. The molecule has 0 spiro atoms. The summed E-state index contributed by atoms with van der Waals surface area (Å²) >= 11 is 0. The fraction of sp³-hybridized carbons (Fsp3) is 0.526. The highest BCUT2D eigenvalue weighted by Gasteiger charge is 2.33. The Morgan fingerprint density at radius 2 is 2.04 bits per heavy atom. The highest BCUT2D eigenvalue weighted by molar-refractivity contribution is 5.96. The van der Waals surface area contributed by atoms with E-state index in [0.29, 0.717) is 39.0 Å². The Morgan fingerprint density at radius 3 is 2.77 bits per heavy atom. The van der Waals surface area contributed by atoms with E-state index < -0.39 is 12.0 Å². The SMILES string of the molecule is CN1CC(C(=O)NCCN2CCc3ccccc3C2=O)CCC1C(=O)O. The molecule has 1 fully saturated rings. The topological polar surface area (TPSA) is 90.0 Å². The molecule has 26 heavy (non-hydrogen) atoms. The maximum absolute atomic E-state index is 12.5. The average molecular weight is 359 g/mol. The number of likely N-dealkylation sites (N-methyl/N-ethyl adjacent to an activating group) is 1. The van der Waals surface area contributed by atoms with Gasteiger partial charge in [0.2, 0.25) is 5.91 Å². The second kappa shape index (κ2) is 7.86. The predicted octanol–water partition coefficient (Wildman–Crippen LogP) is 0.596. The van der Waals surface area contributed by atoms with Gasteiger partial charge in [-0.25, -0.2) is 0 Å². The first-order valence-corrected chi connectivity index (χ1v) is 9.05. The van der Waals surface area contributed by atoms with E-state index in [1.54, 1.807) is 16.8 Å². The Hall–Kier alpha value is -2.41. The first-order chi connectivity index (χ1) is 12.5. The van der Waals surface area contributed by atoms with E-state index in [-0.39, 0.29) is 17.7 Å². The summed E-state index contributed by atoms with van der Waals surface area (Å²) in [7, 11) is 1.74. The fourth-order valence-corrected chi connectivity index (χ4v) is 3.82. The summed E-state index contributed by atoms with van der Waals surface area (Å²) in [5.41, 5.74) is 1.83. The molecule has 2 N–H and O–H groups in total. The van der Waals surface area contributed by atoms with Gasteiger partial charge in [0.15, 0.2) is 0 Å². The van der Waals surface area contributed by atoms with Crippen molar-refractivity contribution in [1.29, 1.82) is 0 Å². The number of nitrogens with one attached hydrogen (secondary N) is 1. The van der Waals surface area contributed by atoms with Crippen LogP contribution in [0.1, 0.15) is 28.8 Å². The van der Waals surface area contributed by atoms with E-state index in [0.717, 1.165) is 17.5 Å². The molecule has 2 amide bonds. The van der Waals surface area contributed by atoms with E-state index >= 15 is 0 Å². The van der Waals surface area contributed by atoms with Crippen LogP contribution in [0.2, 0.25) is 0 Å². The Labute approximate surface area is 153 Å². The Kier molecular flexibility index (Phi) is 5.56. The second-order valence-electron chi connectivity index (χ2n) is 7.06. The van der Waals surface area contributed by atoms with Gasteiger partial charge in [-0.3, -0.25) is 19.3 Å². The minimum absolute atomic E-state index is 0.0165. The van der Waals surface area contributed by atoms with Crippen LogP contribution >= 0.6 is 0 Å². The lowest BCUT2D eigenvalue weighted by Gasteiger charge is -2.34. The number of amides is 2. The van der Waals surface area contributed by atoms with Gasteiger partial charge in [0.25, 0.3) is 5.91 Å². The van der Waals surface area contributed by atoms with Crippen molar-refractivity contribution >= 4 is 17.8 Å². The van der Waals surface area contributed by atoms with Gasteiger partial charge in [-0.2, -0.15) is 0 Å². The van der Waals surface area contributed by atoms with Crippen LogP contribution in [0.3, 0.4) is 0 Å². The van der Waals surface area contributed by atoms with E-state index in [9.17, 15) is 14.4 Å². The molecule has 2 aliphatic heterocycles. The Balaban J connectivity index is 1.46. The van der Waals surface area contributed by atoms with Crippen LogP contribution in [0.25, 0.3) is 0 Å². The number of nitrogens with zero attached hydrogens (tertiary/aromatic N) is 2. The van der Waals surface area contributed by atoms with Gasteiger partial charge in [-0.05, 0) is 37.9 Å². The van der Waals surface area contributed by atoms with Crippen molar-refractivity contribution in [3.8, 4) is 0 Å². The standard InChI is InChI=1S/C19H25N3O4/c1-21-12-14(6-7-16(21)19(25)26)17(23)20-9-11-22-10-8-13-4-2-3-5-15(13)18(22)24/h2-5,14,16H,6-12H2,1H3,(H,20,23)(H,25,26). The number of likely N-dealkylation sites (tertiary alicyclic amines) is 1. The van der Waals surface area contributed by atoms with Gasteiger partial charge in [-0.15, -0.1) is 0 Å². The third-order valence-corrected chi connectivity index (χ3v) is 5.35. The maximum Gasteiger partial charge on any atom is 0.320 e. The maximum atomic E-state index is 12.5. The molecule has 1 saturated heterocycles. The molecule has 2 aliphatic rings. The molecule has 7 heteroatoms. The summed E-state index contributed by atoms with van der Waals surface area (Å²) in [6.07, 6.45) is 1.88. The number of carbonyl (C=O) groups excluding carboxylic acids is 2. The highest BCUT2D eigenvalue weighted by Crippen LogP contribution is 2.21. The number of rotatable bonds is 5. The lowest BCUT2D eigenvalue weighted by molar-refractivity contribution is -0.146. The molecular weight excluding hydrogens is 334 g/mol. The third-order valence-electron chi connectivity index (χ3n) is 5.35. The zero-order valence-electron chi connectivity index (χ0n) is 15.0. The normalized spacial score (nSPS) is 23.4. The van der Waals surface area contributed by atoms with Crippen LogP contribution in [0, 0.1) is 5.92 Å². The van der Waals surface area contributed by atoms with Crippen molar-refractivity contribution in [3.63, 3.8) is 0 Å². The largest absolute Gasteiger partial charge is 0.480 e. The van der Waals surface area contributed by atoms with Crippen molar-refractivity contribution in [1.82, 2.24) is 15.1 Å². The van der Waals surface area contributed by atoms with Crippen molar-refractivity contribution in [2.45, 2.75) is 25.3 Å². The number of benzene rings is 1. The predicted molar refractivity (Wildman–Crippen MR) is 95.8 cm³/mol. The van der Waals surface area contributed by atoms with Gasteiger partial charge in [0.05, 0.1) is 5.92 Å². The smallest absolute Gasteiger partial charge is 0.320 e. The van der Waals surface area contributed by atoms with E-state index in [2.05, 4.69) is 5.32 Å². The molecule has 2 atom stereocenters. The first-order valence-electron chi connectivity index (χ1n) is 9.05. The van der Waals surface area contributed by atoms with Crippen molar-refractivity contribution in [3.05, 3.63) is 35.4 Å². The van der Waals surface area contributed by atoms with Crippen LogP contribution in [0.5, 0.6) is 0 Å². The van der Waals surface area contributed by atoms with Crippen LogP contribution in [-0.4, -0.2) is 72.0 Å². The summed E-state index contributed by atoms with van der Waals surface area (Å²) in [5, 5.41) is 12.0. The third kappa shape index (κ3) is 3.88. The monoisotopic (exact) mass is 359 g/mol. The number of fused-ring (bicyclic) bond motifs is 1. The highest BCUT2D eigenvalue weighted by atomic mass is 16.4. The summed E-state index contributed by atoms with van der Waals surface area (Å²) < 4.78 is 0. The number of piperidine rings is 1. The Bertz CT molecular complexity index is 706. The van der Waals surface area contributed by atoms with Gasteiger partial charge in [-0.1, -0.05) is 18.2 Å². The van der Waals surface area contributed by atoms with Crippen molar-refractivity contribution in [2.75, 3.05) is 33.2 Å². The molecule has 1 aromatic carbocycles. The first kappa shape index (κ1) is 18.4. The quantitative estimate of drug-likeness (QED) is 0.803. The number of carboxylic acid groups (broad SMARTS) is 1. The van der Waals surface area contributed by atoms with Gasteiger partial charge >= 0.3 is 5.97 Å². The molecule has 140 valence electrons. The molecule has 0 radical (unpaired) electrons. The summed E-state index contributed by atoms with van der Waals surface area (Å²) in [6, 6.07) is 7.13. The van der Waals surface area contributed by atoms with E-state index in [1.807, 2.05) is 24.3 Å². The number of hydrogen-bond acceptors (Lipinski definition) is 4. The molecule has 2 heterocycles. The zero-order valence-corrected chi connectivity index (χ0v) is 15.0. The number of hydrogen-bond donors (Lipinski definition) is 2. The van der Waals surface area contributed by atoms with Gasteiger partial charge < -0.3 is 15.3 Å². The number of carboxylic acids is 1. The zero-order chi connectivity index (χ0) is 18.7. The summed E-state index contributed by atoms with van der Waals surface area (Å²) in [6.45, 7) is 2.01. The van der Waals surface area contributed by atoms with E-state index in [4.69, 9.17) is 5.11 Å². The minimum atomic E-state index is -0.838. The molecule has 0 bridgehead atoms. The summed E-state index contributed by atoms with van der Waals surface area (Å²) in [4.78, 5) is 39.5. The fourth-order valence-electron chi connectivity index (χ4n) is 3.82. The molecule has 0 aliphatic carbocycles. The minimum Gasteiger partial charge on any atom is -0.480 e. The molecule has 0 saturated carbocycles. The molecule has 7 nitrogen and oxygen atoms in total. The second-order valence-corrected chi connectivity index (χ2v) is 7.06. The van der Waals surface area contributed by atoms with Crippen LogP contribution in [0.4, 0.5) is 0 Å². The lowest BCUT2D eigenvalue weighted by atomic mass is 9.92. The lowest BCUT2D eigenvalue weighted by Crippen LogP contribution is -2.50. The molecule has 3 rings (SSSR count). The van der Waals surface area contributed by atoms with Crippen LogP contribution in [-0.2, 0) is 16.0 Å². The average Bonchev–Trinajstić information content (AvgIpc) is 2.63. The number of carbonyl (C=O) groups is 3. The van der Waals surface area contributed by atoms with Crippen molar-refractivity contribution in [2.24, 2.45) is 5.92 Å². The van der Waals surface area contributed by atoms with Gasteiger partial charge in [0.1, 0.15) is 6.04 Å². The molecular formula is C19H25N3O4. The summed E-state index contributed by atoms with van der Waals surface area (Å²) in [5.74, 6) is -1.09. The molecule has 1 aromatic rings. The van der Waals surface area contributed by atoms with Crippen LogP contribution in [0.15, 0.2) is 24.3 Å². The van der Waals surface area contributed by atoms with Gasteiger partial charge in [0, 0.05) is 31.7 Å². The number of aliphatic carboxylic acids is 1.